The summed E-state index contributed by atoms with van der Waals surface area (Å²) in [4.78, 5) is 12.2. The fraction of sp³-hybridized carbons (Fsp3) is 0.0667. The molecule has 3 aromatic rings. The average Bonchev–Trinajstić information content (AvgIpc) is 3.10. The summed E-state index contributed by atoms with van der Waals surface area (Å²) in [6.07, 6.45) is -4.61. The van der Waals surface area contributed by atoms with Crippen LogP contribution in [0, 0.1) is 0 Å². The smallest absolute Gasteiger partial charge is 0.322 e. The van der Waals surface area contributed by atoms with E-state index in [0.717, 1.165) is 12.1 Å². The van der Waals surface area contributed by atoms with Crippen molar-refractivity contribution in [2.24, 2.45) is 0 Å². The van der Waals surface area contributed by atoms with Crippen LogP contribution in [0.4, 0.5) is 18.9 Å². The molecule has 0 saturated carbocycles. The SMILES string of the molecule is O=C(Nc1ccc(Cl)c(C(F)(F)F)c1)c1ccc(-c2nn[nH]n2)cc1. The highest BCUT2D eigenvalue weighted by atomic mass is 35.5. The molecule has 1 amide bonds. The molecule has 0 unspecified atom stereocenters. The zero-order valence-corrected chi connectivity index (χ0v) is 13.1. The molecule has 0 atom stereocenters. The van der Waals surface area contributed by atoms with Crippen molar-refractivity contribution in [3.8, 4) is 11.4 Å². The third kappa shape index (κ3) is 3.77. The summed E-state index contributed by atoms with van der Waals surface area (Å²) in [5, 5.41) is 15.3. The molecule has 2 aromatic carbocycles. The summed E-state index contributed by atoms with van der Waals surface area (Å²) in [5.41, 5.74) is -0.129. The third-order valence-corrected chi connectivity index (χ3v) is 3.61. The second-order valence-electron chi connectivity index (χ2n) is 4.96. The Labute approximate surface area is 144 Å². The van der Waals surface area contributed by atoms with Crippen LogP contribution in [-0.2, 0) is 6.18 Å². The number of carbonyl (C=O) groups excluding carboxylic acids is 1. The van der Waals surface area contributed by atoms with Crippen molar-refractivity contribution in [3.05, 3.63) is 58.6 Å². The van der Waals surface area contributed by atoms with Crippen LogP contribution in [0.15, 0.2) is 42.5 Å². The predicted octanol–water partition coefficient (Wildman–Crippen LogP) is 3.79. The number of aromatic amines is 1. The van der Waals surface area contributed by atoms with Crippen molar-refractivity contribution in [2.45, 2.75) is 6.18 Å². The van der Waals surface area contributed by atoms with Gasteiger partial charge >= 0.3 is 6.18 Å². The number of aromatic nitrogens is 4. The maximum atomic E-state index is 12.9. The summed E-state index contributed by atoms with van der Waals surface area (Å²) < 4.78 is 38.6. The Balaban J connectivity index is 1.78. The third-order valence-electron chi connectivity index (χ3n) is 3.28. The minimum absolute atomic E-state index is 0.0102. The molecule has 0 saturated heterocycles. The minimum Gasteiger partial charge on any atom is -0.322 e. The summed E-state index contributed by atoms with van der Waals surface area (Å²) >= 11 is 5.55. The van der Waals surface area contributed by atoms with Crippen LogP contribution in [0.3, 0.4) is 0 Å². The fourth-order valence-electron chi connectivity index (χ4n) is 2.08. The molecule has 0 fully saturated rings. The average molecular weight is 368 g/mol. The van der Waals surface area contributed by atoms with Crippen LogP contribution in [0.5, 0.6) is 0 Å². The molecule has 0 aliphatic rings. The van der Waals surface area contributed by atoms with Gasteiger partial charge in [-0.1, -0.05) is 23.7 Å². The second-order valence-corrected chi connectivity index (χ2v) is 5.37. The molecule has 3 rings (SSSR count). The van der Waals surface area contributed by atoms with Gasteiger partial charge in [-0.25, -0.2) is 0 Å². The zero-order chi connectivity index (χ0) is 18.0. The van der Waals surface area contributed by atoms with E-state index in [1.165, 1.54) is 18.2 Å². The number of halogens is 4. The maximum Gasteiger partial charge on any atom is 0.417 e. The Morgan fingerprint density at radius 2 is 1.84 bits per heavy atom. The van der Waals surface area contributed by atoms with Gasteiger partial charge in [-0.15, -0.1) is 10.2 Å². The molecular weight excluding hydrogens is 359 g/mol. The first-order chi connectivity index (χ1) is 11.8. The van der Waals surface area contributed by atoms with E-state index < -0.39 is 22.7 Å². The number of anilines is 1. The molecule has 1 heterocycles. The Morgan fingerprint density at radius 1 is 1.12 bits per heavy atom. The standard InChI is InChI=1S/C15H9ClF3N5O/c16-12-6-5-10(7-11(12)15(17,18)19)20-14(25)9-3-1-8(2-4-9)13-21-23-24-22-13/h1-7H,(H,20,25)(H,21,22,23,24). The predicted molar refractivity (Wildman–Crippen MR) is 84.0 cm³/mol. The van der Waals surface area contributed by atoms with E-state index in [2.05, 4.69) is 25.9 Å². The molecule has 0 aliphatic heterocycles. The number of carbonyl (C=O) groups is 1. The lowest BCUT2D eigenvalue weighted by molar-refractivity contribution is -0.137. The highest BCUT2D eigenvalue weighted by molar-refractivity contribution is 6.31. The first kappa shape index (κ1) is 16.9. The lowest BCUT2D eigenvalue weighted by Crippen LogP contribution is -2.13. The molecular formula is C15H9ClF3N5O. The molecule has 128 valence electrons. The number of H-pyrrole nitrogens is 1. The van der Waals surface area contributed by atoms with Crippen molar-refractivity contribution in [1.29, 1.82) is 0 Å². The van der Waals surface area contributed by atoms with Crippen molar-refractivity contribution < 1.29 is 18.0 Å². The van der Waals surface area contributed by atoms with Gasteiger partial charge in [0.15, 0.2) is 0 Å². The Hall–Kier alpha value is -2.94. The molecule has 25 heavy (non-hydrogen) atoms. The molecule has 0 radical (unpaired) electrons. The Morgan fingerprint density at radius 3 is 2.44 bits per heavy atom. The number of benzene rings is 2. The van der Waals surface area contributed by atoms with Gasteiger partial charge in [0.2, 0.25) is 5.82 Å². The van der Waals surface area contributed by atoms with Crippen molar-refractivity contribution >= 4 is 23.2 Å². The van der Waals surface area contributed by atoms with E-state index in [0.29, 0.717) is 11.4 Å². The quantitative estimate of drug-likeness (QED) is 0.737. The summed E-state index contributed by atoms with van der Waals surface area (Å²) in [6, 6.07) is 9.37. The molecule has 0 aliphatic carbocycles. The van der Waals surface area contributed by atoms with Crippen LogP contribution in [0.25, 0.3) is 11.4 Å². The fourth-order valence-corrected chi connectivity index (χ4v) is 2.30. The van der Waals surface area contributed by atoms with Crippen molar-refractivity contribution in [3.63, 3.8) is 0 Å². The van der Waals surface area contributed by atoms with Crippen LogP contribution in [0.1, 0.15) is 15.9 Å². The van der Waals surface area contributed by atoms with Gasteiger partial charge in [0.1, 0.15) is 0 Å². The molecule has 2 N–H and O–H groups in total. The van der Waals surface area contributed by atoms with Gasteiger partial charge in [-0.05, 0) is 35.5 Å². The van der Waals surface area contributed by atoms with Gasteiger partial charge < -0.3 is 5.32 Å². The highest BCUT2D eigenvalue weighted by Gasteiger charge is 2.33. The van der Waals surface area contributed by atoms with Gasteiger partial charge in [0.05, 0.1) is 10.6 Å². The summed E-state index contributed by atoms with van der Waals surface area (Å²) in [6.45, 7) is 0. The number of tetrazole rings is 1. The van der Waals surface area contributed by atoms with Gasteiger partial charge in [0, 0.05) is 16.8 Å². The van der Waals surface area contributed by atoms with Crippen LogP contribution >= 0.6 is 11.6 Å². The monoisotopic (exact) mass is 367 g/mol. The number of hydrogen-bond acceptors (Lipinski definition) is 4. The molecule has 6 nitrogen and oxygen atoms in total. The van der Waals surface area contributed by atoms with E-state index >= 15 is 0 Å². The molecule has 1 aromatic heterocycles. The normalized spacial score (nSPS) is 11.4. The largest absolute Gasteiger partial charge is 0.417 e. The summed E-state index contributed by atoms with van der Waals surface area (Å²) in [7, 11) is 0. The number of nitrogens with one attached hydrogen (secondary N) is 2. The van der Waals surface area contributed by atoms with Crippen molar-refractivity contribution in [1.82, 2.24) is 20.6 Å². The van der Waals surface area contributed by atoms with Crippen LogP contribution in [-0.4, -0.2) is 26.5 Å². The zero-order valence-electron chi connectivity index (χ0n) is 12.3. The maximum absolute atomic E-state index is 12.9. The second kappa shape index (κ2) is 6.52. The highest BCUT2D eigenvalue weighted by Crippen LogP contribution is 2.36. The first-order valence-corrected chi connectivity index (χ1v) is 7.24. The Kier molecular flexibility index (Phi) is 4.41. The summed E-state index contributed by atoms with van der Waals surface area (Å²) in [5.74, 6) is -0.199. The number of amides is 1. The lowest BCUT2D eigenvalue weighted by Gasteiger charge is -2.12. The molecule has 0 spiro atoms. The van der Waals surface area contributed by atoms with Crippen LogP contribution in [0.2, 0.25) is 5.02 Å². The Bertz CT molecular complexity index is 895. The van der Waals surface area contributed by atoms with Crippen LogP contribution < -0.4 is 5.32 Å². The number of rotatable bonds is 3. The molecule has 10 heteroatoms. The number of nitrogens with zero attached hydrogens (tertiary/aromatic N) is 3. The van der Waals surface area contributed by atoms with Gasteiger partial charge in [-0.2, -0.15) is 18.4 Å². The van der Waals surface area contributed by atoms with E-state index in [1.54, 1.807) is 12.1 Å². The van der Waals surface area contributed by atoms with E-state index in [1.807, 2.05) is 0 Å². The first-order valence-electron chi connectivity index (χ1n) is 6.86. The van der Waals surface area contributed by atoms with Gasteiger partial charge in [-0.3, -0.25) is 4.79 Å². The minimum atomic E-state index is -4.61. The van der Waals surface area contributed by atoms with E-state index in [9.17, 15) is 18.0 Å². The van der Waals surface area contributed by atoms with E-state index in [4.69, 9.17) is 11.6 Å². The van der Waals surface area contributed by atoms with E-state index in [-0.39, 0.29) is 11.3 Å². The van der Waals surface area contributed by atoms with Crippen molar-refractivity contribution in [2.75, 3.05) is 5.32 Å². The molecule has 0 bridgehead atoms. The lowest BCUT2D eigenvalue weighted by atomic mass is 10.1. The number of alkyl halides is 3. The van der Waals surface area contributed by atoms with Gasteiger partial charge in [0.25, 0.3) is 5.91 Å². The topological polar surface area (TPSA) is 83.6 Å². The number of hydrogen-bond donors (Lipinski definition) is 2.